The van der Waals surface area contributed by atoms with Gasteiger partial charge < -0.3 is 14.2 Å². The SMILES string of the molecule is C=C(C)C(=O)OCCCCOc1ccc(N=Nc2ccc(OC)cc2)cc1. The number of ether oxygens (including phenoxy) is 3. The molecule has 0 bridgehead atoms. The van der Waals surface area contributed by atoms with Crippen LogP contribution < -0.4 is 9.47 Å². The zero-order chi connectivity index (χ0) is 19.5. The lowest BCUT2D eigenvalue weighted by Crippen LogP contribution is -2.07. The molecule has 0 unspecified atom stereocenters. The third-order valence-electron chi connectivity index (χ3n) is 3.58. The molecule has 6 heteroatoms. The van der Waals surface area contributed by atoms with Gasteiger partial charge in [-0.1, -0.05) is 6.58 Å². The van der Waals surface area contributed by atoms with Gasteiger partial charge in [0.1, 0.15) is 11.5 Å². The summed E-state index contributed by atoms with van der Waals surface area (Å²) in [7, 11) is 1.62. The van der Waals surface area contributed by atoms with Crippen LogP contribution in [0.5, 0.6) is 11.5 Å². The number of methoxy groups -OCH3 is 1. The summed E-state index contributed by atoms with van der Waals surface area (Å²) in [5.74, 6) is 1.19. The Labute approximate surface area is 159 Å². The summed E-state index contributed by atoms with van der Waals surface area (Å²) < 4.78 is 15.8. The van der Waals surface area contributed by atoms with E-state index in [1.54, 1.807) is 14.0 Å². The molecule has 0 aliphatic heterocycles. The van der Waals surface area contributed by atoms with Gasteiger partial charge >= 0.3 is 5.97 Å². The van der Waals surface area contributed by atoms with E-state index in [2.05, 4.69) is 16.8 Å². The van der Waals surface area contributed by atoms with Crippen molar-refractivity contribution in [2.75, 3.05) is 20.3 Å². The first-order valence-electron chi connectivity index (χ1n) is 8.70. The topological polar surface area (TPSA) is 69.5 Å². The number of rotatable bonds is 10. The molecule has 0 fully saturated rings. The fourth-order valence-corrected chi connectivity index (χ4v) is 2.06. The predicted octanol–water partition coefficient (Wildman–Crippen LogP) is 5.39. The molecule has 0 aliphatic carbocycles. The standard InChI is InChI=1S/C21H24N2O4/c1-16(2)21(24)27-15-5-4-14-26-20-12-8-18(9-13-20)23-22-17-6-10-19(25-3)11-7-17/h6-13H,1,4-5,14-15H2,2-3H3. The smallest absolute Gasteiger partial charge is 0.333 e. The molecule has 0 heterocycles. The van der Waals surface area contributed by atoms with E-state index < -0.39 is 0 Å². The monoisotopic (exact) mass is 368 g/mol. The van der Waals surface area contributed by atoms with Gasteiger partial charge in [-0.3, -0.25) is 0 Å². The van der Waals surface area contributed by atoms with Gasteiger partial charge in [-0.05, 0) is 68.3 Å². The first-order chi connectivity index (χ1) is 13.1. The zero-order valence-electron chi connectivity index (χ0n) is 15.7. The average Bonchev–Trinajstić information content (AvgIpc) is 2.70. The summed E-state index contributed by atoms with van der Waals surface area (Å²) >= 11 is 0. The number of unbranched alkanes of at least 4 members (excludes halogenated alkanes) is 1. The summed E-state index contributed by atoms with van der Waals surface area (Å²) in [5, 5.41) is 8.38. The first-order valence-corrected chi connectivity index (χ1v) is 8.70. The van der Waals surface area contributed by atoms with Gasteiger partial charge in [-0.15, -0.1) is 0 Å². The molecule has 0 aliphatic rings. The highest BCUT2D eigenvalue weighted by Gasteiger charge is 2.02. The number of nitrogens with zero attached hydrogens (tertiary/aromatic N) is 2. The van der Waals surface area contributed by atoms with Crippen LogP contribution in [0.3, 0.4) is 0 Å². The van der Waals surface area contributed by atoms with Crippen LogP contribution in [0.15, 0.2) is 70.9 Å². The van der Waals surface area contributed by atoms with Crippen molar-refractivity contribution in [2.24, 2.45) is 10.2 Å². The molecule has 0 spiro atoms. The molecule has 2 rings (SSSR count). The molecule has 0 atom stereocenters. The van der Waals surface area contributed by atoms with Crippen LogP contribution in [0.2, 0.25) is 0 Å². The molecular formula is C21H24N2O4. The number of hydrogen-bond acceptors (Lipinski definition) is 6. The third kappa shape index (κ3) is 7.32. The lowest BCUT2D eigenvalue weighted by Gasteiger charge is -2.07. The van der Waals surface area contributed by atoms with Crippen molar-refractivity contribution in [3.05, 3.63) is 60.7 Å². The molecule has 0 radical (unpaired) electrons. The lowest BCUT2D eigenvalue weighted by molar-refractivity contribution is -0.139. The summed E-state index contributed by atoms with van der Waals surface area (Å²) in [6.07, 6.45) is 1.54. The Kier molecular flexibility index (Phi) is 8.03. The van der Waals surface area contributed by atoms with Crippen molar-refractivity contribution < 1.29 is 19.0 Å². The Morgan fingerprint density at radius 3 is 1.93 bits per heavy atom. The maximum Gasteiger partial charge on any atom is 0.333 e. The fourth-order valence-electron chi connectivity index (χ4n) is 2.06. The van der Waals surface area contributed by atoms with Crippen LogP contribution in [-0.4, -0.2) is 26.3 Å². The quantitative estimate of drug-likeness (QED) is 0.244. The second kappa shape index (κ2) is 10.8. The van der Waals surface area contributed by atoms with Crippen LogP contribution in [-0.2, 0) is 9.53 Å². The van der Waals surface area contributed by atoms with E-state index >= 15 is 0 Å². The van der Waals surface area contributed by atoms with Crippen molar-refractivity contribution in [1.82, 2.24) is 0 Å². The summed E-state index contributed by atoms with van der Waals surface area (Å²) in [6.45, 7) is 6.09. The molecule has 6 nitrogen and oxygen atoms in total. The largest absolute Gasteiger partial charge is 0.497 e. The van der Waals surface area contributed by atoms with E-state index in [-0.39, 0.29) is 5.97 Å². The van der Waals surface area contributed by atoms with Crippen LogP contribution in [0.4, 0.5) is 11.4 Å². The molecule has 0 saturated carbocycles. The first kappa shape index (κ1) is 20.2. The van der Waals surface area contributed by atoms with E-state index in [9.17, 15) is 4.79 Å². The molecule has 2 aromatic carbocycles. The predicted molar refractivity (Wildman–Crippen MR) is 104 cm³/mol. The number of esters is 1. The van der Waals surface area contributed by atoms with Crippen molar-refractivity contribution in [3.8, 4) is 11.5 Å². The average molecular weight is 368 g/mol. The highest BCUT2D eigenvalue weighted by atomic mass is 16.5. The Balaban J connectivity index is 1.70. The highest BCUT2D eigenvalue weighted by Crippen LogP contribution is 2.23. The van der Waals surface area contributed by atoms with Crippen LogP contribution in [0, 0.1) is 0 Å². The zero-order valence-corrected chi connectivity index (χ0v) is 15.7. The maximum atomic E-state index is 11.2. The minimum Gasteiger partial charge on any atom is -0.497 e. The minimum absolute atomic E-state index is 0.352. The summed E-state index contributed by atoms with van der Waals surface area (Å²) in [6, 6.07) is 14.7. The second-order valence-corrected chi connectivity index (χ2v) is 5.86. The lowest BCUT2D eigenvalue weighted by atomic mass is 10.3. The molecule has 142 valence electrons. The van der Waals surface area contributed by atoms with Crippen molar-refractivity contribution >= 4 is 17.3 Å². The Morgan fingerprint density at radius 2 is 1.41 bits per heavy atom. The van der Waals surface area contributed by atoms with Gasteiger partial charge in [0.2, 0.25) is 0 Å². The molecule has 2 aromatic rings. The Morgan fingerprint density at radius 1 is 0.889 bits per heavy atom. The fraction of sp³-hybridized carbons (Fsp3) is 0.286. The number of carbonyl (C=O) groups is 1. The van der Waals surface area contributed by atoms with Gasteiger partial charge in [-0.2, -0.15) is 10.2 Å². The van der Waals surface area contributed by atoms with E-state index in [1.807, 2.05) is 48.5 Å². The molecular weight excluding hydrogens is 344 g/mol. The highest BCUT2D eigenvalue weighted by molar-refractivity contribution is 5.86. The molecule has 0 N–H and O–H groups in total. The van der Waals surface area contributed by atoms with Gasteiger partial charge in [0.05, 0.1) is 31.7 Å². The Hall–Kier alpha value is -3.15. The van der Waals surface area contributed by atoms with Gasteiger partial charge in [0.25, 0.3) is 0 Å². The van der Waals surface area contributed by atoms with Gasteiger partial charge in [0, 0.05) is 5.57 Å². The Bertz CT molecular complexity index is 768. The molecule has 0 amide bonds. The maximum absolute atomic E-state index is 11.2. The summed E-state index contributed by atoms with van der Waals surface area (Å²) in [4.78, 5) is 11.2. The third-order valence-corrected chi connectivity index (χ3v) is 3.58. The molecule has 0 saturated heterocycles. The molecule has 27 heavy (non-hydrogen) atoms. The van der Waals surface area contributed by atoms with Crippen molar-refractivity contribution in [1.29, 1.82) is 0 Å². The van der Waals surface area contributed by atoms with Crippen LogP contribution >= 0.6 is 0 Å². The van der Waals surface area contributed by atoms with Gasteiger partial charge in [0.15, 0.2) is 0 Å². The van der Waals surface area contributed by atoms with E-state index in [1.165, 1.54) is 0 Å². The second-order valence-electron chi connectivity index (χ2n) is 5.86. The normalized spacial score (nSPS) is 10.6. The van der Waals surface area contributed by atoms with Crippen LogP contribution in [0.25, 0.3) is 0 Å². The van der Waals surface area contributed by atoms with Gasteiger partial charge in [-0.25, -0.2) is 4.79 Å². The minimum atomic E-state index is -0.352. The van der Waals surface area contributed by atoms with E-state index in [0.29, 0.717) is 18.8 Å². The van der Waals surface area contributed by atoms with Crippen molar-refractivity contribution in [2.45, 2.75) is 19.8 Å². The number of azo groups is 1. The van der Waals surface area contributed by atoms with E-state index in [0.717, 1.165) is 35.7 Å². The summed E-state index contributed by atoms with van der Waals surface area (Å²) in [5.41, 5.74) is 1.91. The number of carbonyl (C=O) groups excluding carboxylic acids is 1. The van der Waals surface area contributed by atoms with E-state index in [4.69, 9.17) is 14.2 Å². The van der Waals surface area contributed by atoms with Crippen LogP contribution in [0.1, 0.15) is 19.8 Å². The van der Waals surface area contributed by atoms with Crippen molar-refractivity contribution in [3.63, 3.8) is 0 Å². The number of benzene rings is 2. The number of hydrogen-bond donors (Lipinski definition) is 0. The molecule has 0 aromatic heterocycles.